The molecule has 110 valence electrons. The van der Waals surface area contributed by atoms with Gasteiger partial charge in [-0.05, 0) is 31.0 Å². The Morgan fingerprint density at radius 2 is 2.14 bits per heavy atom. The number of carbonyl (C=O) groups is 1. The molecule has 0 spiro atoms. The lowest BCUT2D eigenvalue weighted by atomic mass is 10.1. The normalized spacial score (nSPS) is 11.5. The second-order valence-corrected chi connectivity index (χ2v) is 4.68. The predicted octanol–water partition coefficient (Wildman–Crippen LogP) is 1.88. The van der Waals surface area contributed by atoms with Crippen molar-refractivity contribution in [1.29, 1.82) is 0 Å². The predicted molar refractivity (Wildman–Crippen MR) is 81.3 cm³/mol. The lowest BCUT2D eigenvalue weighted by molar-refractivity contribution is 0.0954. The van der Waals surface area contributed by atoms with Crippen molar-refractivity contribution in [3.05, 3.63) is 42.1 Å². The number of amides is 1. The van der Waals surface area contributed by atoms with Crippen LogP contribution in [0, 0.1) is 0 Å². The van der Waals surface area contributed by atoms with Gasteiger partial charge in [0.25, 0.3) is 5.91 Å². The van der Waals surface area contributed by atoms with Gasteiger partial charge in [0.1, 0.15) is 5.84 Å². The van der Waals surface area contributed by atoms with E-state index in [-0.39, 0.29) is 11.7 Å². The molecule has 0 saturated carbocycles. The van der Waals surface area contributed by atoms with E-state index in [0.717, 1.165) is 23.7 Å². The summed E-state index contributed by atoms with van der Waals surface area (Å²) in [7, 11) is 0. The van der Waals surface area contributed by atoms with Crippen molar-refractivity contribution in [3.63, 3.8) is 0 Å². The van der Waals surface area contributed by atoms with Crippen molar-refractivity contribution in [2.75, 3.05) is 6.54 Å². The molecule has 0 aliphatic rings. The number of rotatable bonds is 6. The van der Waals surface area contributed by atoms with E-state index in [1.165, 1.54) is 0 Å². The number of fused-ring (bicyclic) bond motifs is 1. The standard InChI is InChI=1S/C15H18N4O2/c16-14(19-21)8-1-2-9-18-15(20)12-5-3-7-13-11(12)6-4-10-17-13/h3-7,10,21H,1-2,8-9H2,(H2,16,19)(H,18,20). The molecule has 2 aromatic rings. The van der Waals surface area contributed by atoms with Crippen molar-refractivity contribution in [2.24, 2.45) is 10.9 Å². The molecular formula is C15H18N4O2. The first-order valence-electron chi connectivity index (χ1n) is 6.80. The summed E-state index contributed by atoms with van der Waals surface area (Å²) in [6, 6.07) is 9.19. The molecule has 4 N–H and O–H groups in total. The van der Waals surface area contributed by atoms with Gasteiger partial charge in [-0.25, -0.2) is 0 Å². The number of hydrogen-bond acceptors (Lipinski definition) is 4. The van der Waals surface area contributed by atoms with Gasteiger partial charge < -0.3 is 16.3 Å². The minimum atomic E-state index is -0.114. The topological polar surface area (TPSA) is 101 Å². The fourth-order valence-corrected chi connectivity index (χ4v) is 2.08. The number of nitrogens with two attached hydrogens (primary N) is 1. The molecular weight excluding hydrogens is 268 g/mol. The third-order valence-corrected chi connectivity index (χ3v) is 3.16. The highest BCUT2D eigenvalue weighted by molar-refractivity contribution is 6.06. The number of amidine groups is 1. The number of nitrogens with one attached hydrogen (secondary N) is 1. The van der Waals surface area contributed by atoms with E-state index < -0.39 is 0 Å². The Morgan fingerprint density at radius 1 is 1.29 bits per heavy atom. The summed E-state index contributed by atoms with van der Waals surface area (Å²) in [6.07, 6.45) is 3.75. The van der Waals surface area contributed by atoms with Gasteiger partial charge in [0, 0.05) is 30.1 Å². The molecule has 0 unspecified atom stereocenters. The van der Waals surface area contributed by atoms with Gasteiger partial charge >= 0.3 is 0 Å². The van der Waals surface area contributed by atoms with Gasteiger partial charge in [-0.1, -0.05) is 17.3 Å². The van der Waals surface area contributed by atoms with E-state index in [9.17, 15) is 4.79 Å². The molecule has 2 rings (SSSR count). The van der Waals surface area contributed by atoms with Crippen LogP contribution in [0.1, 0.15) is 29.6 Å². The number of pyridine rings is 1. The summed E-state index contributed by atoms with van der Waals surface area (Å²) < 4.78 is 0. The Balaban J connectivity index is 1.91. The van der Waals surface area contributed by atoms with Crippen LogP contribution in [0.4, 0.5) is 0 Å². The highest BCUT2D eigenvalue weighted by Gasteiger charge is 2.09. The van der Waals surface area contributed by atoms with Crippen LogP contribution in [0.2, 0.25) is 0 Å². The van der Waals surface area contributed by atoms with Crippen molar-refractivity contribution < 1.29 is 10.0 Å². The first-order chi connectivity index (χ1) is 10.2. The SMILES string of the molecule is NC(CCCCNC(=O)c1cccc2ncccc12)=NO. The Bertz CT molecular complexity index is 650. The lowest BCUT2D eigenvalue weighted by Crippen LogP contribution is -2.25. The summed E-state index contributed by atoms with van der Waals surface area (Å²) >= 11 is 0. The van der Waals surface area contributed by atoms with Crippen LogP contribution in [-0.4, -0.2) is 28.5 Å². The molecule has 0 aliphatic carbocycles. The summed E-state index contributed by atoms with van der Waals surface area (Å²) in [5, 5.41) is 15.0. The zero-order valence-corrected chi connectivity index (χ0v) is 11.6. The Hall–Kier alpha value is -2.63. The average Bonchev–Trinajstić information content (AvgIpc) is 2.53. The Kier molecular flexibility index (Phi) is 5.09. The maximum Gasteiger partial charge on any atom is 0.251 e. The number of benzene rings is 1. The van der Waals surface area contributed by atoms with Crippen LogP contribution in [-0.2, 0) is 0 Å². The van der Waals surface area contributed by atoms with E-state index in [0.29, 0.717) is 18.5 Å². The Labute approximate surface area is 122 Å². The molecule has 6 heteroatoms. The fraction of sp³-hybridized carbons (Fsp3) is 0.267. The molecule has 0 radical (unpaired) electrons. The molecule has 1 aromatic heterocycles. The molecule has 0 atom stereocenters. The quantitative estimate of drug-likeness (QED) is 0.248. The maximum atomic E-state index is 12.2. The maximum absolute atomic E-state index is 12.2. The van der Waals surface area contributed by atoms with Crippen LogP contribution in [0.25, 0.3) is 10.9 Å². The highest BCUT2D eigenvalue weighted by atomic mass is 16.4. The van der Waals surface area contributed by atoms with E-state index in [2.05, 4.69) is 15.5 Å². The number of nitrogens with zero attached hydrogens (tertiary/aromatic N) is 2. The summed E-state index contributed by atoms with van der Waals surface area (Å²) in [5.74, 6) is 0.0962. The molecule has 0 aliphatic heterocycles. The number of aromatic nitrogens is 1. The number of oxime groups is 1. The van der Waals surface area contributed by atoms with Crippen LogP contribution in [0.3, 0.4) is 0 Å². The van der Waals surface area contributed by atoms with Gasteiger partial charge in [0.2, 0.25) is 0 Å². The van der Waals surface area contributed by atoms with E-state index in [1.54, 1.807) is 12.3 Å². The second-order valence-electron chi connectivity index (χ2n) is 4.68. The first-order valence-corrected chi connectivity index (χ1v) is 6.80. The molecule has 6 nitrogen and oxygen atoms in total. The molecule has 0 saturated heterocycles. The zero-order valence-electron chi connectivity index (χ0n) is 11.6. The lowest BCUT2D eigenvalue weighted by Gasteiger charge is -2.07. The third-order valence-electron chi connectivity index (χ3n) is 3.16. The zero-order chi connectivity index (χ0) is 15.1. The summed E-state index contributed by atoms with van der Waals surface area (Å²) in [5.41, 5.74) is 6.80. The molecule has 1 amide bonds. The van der Waals surface area contributed by atoms with Crippen LogP contribution >= 0.6 is 0 Å². The van der Waals surface area contributed by atoms with Crippen LogP contribution < -0.4 is 11.1 Å². The molecule has 21 heavy (non-hydrogen) atoms. The van der Waals surface area contributed by atoms with Gasteiger partial charge in [-0.3, -0.25) is 9.78 Å². The van der Waals surface area contributed by atoms with Gasteiger partial charge in [-0.15, -0.1) is 0 Å². The second kappa shape index (κ2) is 7.23. The van der Waals surface area contributed by atoms with Crippen molar-refractivity contribution in [2.45, 2.75) is 19.3 Å². The minimum Gasteiger partial charge on any atom is -0.409 e. The van der Waals surface area contributed by atoms with E-state index in [4.69, 9.17) is 10.9 Å². The number of carbonyl (C=O) groups excluding carboxylic acids is 1. The summed E-state index contributed by atoms with van der Waals surface area (Å²) in [4.78, 5) is 16.4. The van der Waals surface area contributed by atoms with Crippen LogP contribution in [0.5, 0.6) is 0 Å². The van der Waals surface area contributed by atoms with Crippen molar-refractivity contribution >= 4 is 22.6 Å². The number of unbranched alkanes of at least 4 members (excludes halogenated alkanes) is 1. The largest absolute Gasteiger partial charge is 0.409 e. The summed E-state index contributed by atoms with van der Waals surface area (Å²) in [6.45, 7) is 0.550. The van der Waals surface area contributed by atoms with E-state index >= 15 is 0 Å². The van der Waals surface area contributed by atoms with Crippen LogP contribution in [0.15, 0.2) is 41.7 Å². The molecule has 0 bridgehead atoms. The monoisotopic (exact) mass is 286 g/mol. The molecule has 0 fully saturated rings. The van der Waals surface area contributed by atoms with Crippen molar-refractivity contribution in [1.82, 2.24) is 10.3 Å². The molecule has 1 aromatic carbocycles. The van der Waals surface area contributed by atoms with Gasteiger partial charge in [0.05, 0.1) is 5.52 Å². The fourth-order valence-electron chi connectivity index (χ4n) is 2.08. The average molecular weight is 286 g/mol. The minimum absolute atomic E-state index is 0.114. The highest BCUT2D eigenvalue weighted by Crippen LogP contribution is 2.16. The Morgan fingerprint density at radius 3 is 2.95 bits per heavy atom. The number of hydrogen-bond donors (Lipinski definition) is 3. The van der Waals surface area contributed by atoms with E-state index in [1.807, 2.05) is 24.3 Å². The molecule has 1 heterocycles. The first kappa shape index (κ1) is 14.8. The van der Waals surface area contributed by atoms with Crippen molar-refractivity contribution in [3.8, 4) is 0 Å². The van der Waals surface area contributed by atoms with Gasteiger partial charge in [0.15, 0.2) is 0 Å². The third kappa shape index (κ3) is 3.92. The van der Waals surface area contributed by atoms with Gasteiger partial charge in [-0.2, -0.15) is 0 Å². The smallest absolute Gasteiger partial charge is 0.251 e.